The van der Waals surface area contributed by atoms with E-state index in [1.54, 1.807) is 11.3 Å². The maximum absolute atomic E-state index is 10.9. The minimum atomic E-state index is -0.116. The van der Waals surface area contributed by atoms with Crippen molar-refractivity contribution in [1.82, 2.24) is 10.3 Å². The molecule has 0 unspecified atom stereocenters. The summed E-state index contributed by atoms with van der Waals surface area (Å²) in [4.78, 5) is 15.3. The Labute approximate surface area is 118 Å². The van der Waals surface area contributed by atoms with Crippen molar-refractivity contribution in [2.45, 2.75) is 26.2 Å². The smallest absolute Gasteiger partial charge is 0.233 e. The van der Waals surface area contributed by atoms with Gasteiger partial charge >= 0.3 is 0 Å². The third-order valence-electron chi connectivity index (χ3n) is 1.95. The number of nitrogens with two attached hydrogens (primary N) is 1. The van der Waals surface area contributed by atoms with Crippen molar-refractivity contribution in [2.24, 2.45) is 5.73 Å². The molecule has 17 heavy (non-hydrogen) atoms. The van der Waals surface area contributed by atoms with Gasteiger partial charge in [-0.15, -0.1) is 36.2 Å². The summed E-state index contributed by atoms with van der Waals surface area (Å²) in [6.07, 6.45) is 0.773. The Morgan fingerprint density at radius 2 is 2.18 bits per heavy atom. The molecular formula is C10H19Cl2N3OS. The lowest BCUT2D eigenvalue weighted by Gasteiger charge is -2.01. The van der Waals surface area contributed by atoms with E-state index in [0.29, 0.717) is 12.5 Å². The Kier molecular flexibility index (Phi) is 10.8. The normalized spacial score (nSPS) is 9.41. The fourth-order valence-electron chi connectivity index (χ4n) is 1.10. The van der Waals surface area contributed by atoms with Crippen LogP contribution in [0.15, 0.2) is 5.38 Å². The monoisotopic (exact) mass is 299 g/mol. The third kappa shape index (κ3) is 6.83. The summed E-state index contributed by atoms with van der Waals surface area (Å²) in [7, 11) is 0. The number of halogens is 2. The fraction of sp³-hybridized carbons (Fsp3) is 0.600. The summed E-state index contributed by atoms with van der Waals surface area (Å²) in [6, 6.07) is 0. The second-order valence-corrected chi connectivity index (χ2v) is 4.53. The van der Waals surface area contributed by atoms with Crippen LogP contribution in [0.1, 0.15) is 30.5 Å². The lowest BCUT2D eigenvalue weighted by molar-refractivity contribution is -0.119. The van der Waals surface area contributed by atoms with Gasteiger partial charge in [0.15, 0.2) is 0 Å². The predicted molar refractivity (Wildman–Crippen MR) is 76.5 cm³/mol. The number of rotatable bonds is 5. The van der Waals surface area contributed by atoms with Crippen molar-refractivity contribution in [3.8, 4) is 0 Å². The van der Waals surface area contributed by atoms with Crippen LogP contribution in [0.2, 0.25) is 0 Å². The van der Waals surface area contributed by atoms with E-state index in [1.165, 1.54) is 0 Å². The molecule has 0 bridgehead atoms. The van der Waals surface area contributed by atoms with Gasteiger partial charge in [0.05, 0.1) is 17.2 Å². The van der Waals surface area contributed by atoms with Crippen LogP contribution in [-0.4, -0.2) is 24.0 Å². The zero-order valence-corrected chi connectivity index (χ0v) is 12.4. The summed E-state index contributed by atoms with van der Waals surface area (Å²) >= 11 is 1.67. The number of carbonyl (C=O) groups excluding carboxylic acids is 1. The molecule has 1 aromatic heterocycles. The van der Waals surface area contributed by atoms with Crippen molar-refractivity contribution < 1.29 is 4.79 Å². The van der Waals surface area contributed by atoms with E-state index in [9.17, 15) is 4.79 Å². The van der Waals surface area contributed by atoms with E-state index in [0.717, 1.165) is 17.1 Å². The zero-order chi connectivity index (χ0) is 11.3. The summed E-state index contributed by atoms with van der Waals surface area (Å²) < 4.78 is 0. The molecule has 0 aromatic carbocycles. The highest BCUT2D eigenvalue weighted by atomic mass is 35.5. The molecule has 0 saturated carbocycles. The van der Waals surface area contributed by atoms with Crippen LogP contribution < -0.4 is 11.1 Å². The van der Waals surface area contributed by atoms with Crippen LogP contribution in [0, 0.1) is 0 Å². The maximum Gasteiger partial charge on any atom is 0.233 e. The molecule has 7 heteroatoms. The van der Waals surface area contributed by atoms with E-state index >= 15 is 0 Å². The topological polar surface area (TPSA) is 68.0 Å². The lowest BCUT2D eigenvalue weighted by Crippen LogP contribution is -2.31. The van der Waals surface area contributed by atoms with E-state index in [2.05, 4.69) is 24.1 Å². The van der Waals surface area contributed by atoms with Gasteiger partial charge in [-0.05, 0) is 0 Å². The quantitative estimate of drug-likeness (QED) is 0.870. The Hall–Kier alpha value is -0.360. The molecule has 0 atom stereocenters. The first kappa shape index (κ1) is 19.0. The van der Waals surface area contributed by atoms with Gasteiger partial charge in [0.25, 0.3) is 0 Å². The second kappa shape index (κ2) is 9.65. The van der Waals surface area contributed by atoms with Crippen molar-refractivity contribution in [3.05, 3.63) is 16.1 Å². The largest absolute Gasteiger partial charge is 0.355 e. The summed E-state index contributed by atoms with van der Waals surface area (Å²) in [6.45, 7) is 4.91. The van der Waals surface area contributed by atoms with E-state index in [4.69, 9.17) is 5.73 Å². The predicted octanol–water partition coefficient (Wildman–Crippen LogP) is 1.73. The minimum absolute atomic E-state index is 0. The standard InChI is InChI=1S/C10H17N3OS.2ClH/c1-7(2)10-13-8(6-15-10)3-4-12-9(14)5-11;;/h6-7H,3-5,11H2,1-2H3,(H,12,14);2*1H. The number of hydrogen-bond acceptors (Lipinski definition) is 4. The first-order valence-electron chi connectivity index (χ1n) is 5.04. The molecule has 1 heterocycles. The van der Waals surface area contributed by atoms with Gasteiger partial charge in [-0.25, -0.2) is 4.98 Å². The molecule has 1 aromatic rings. The van der Waals surface area contributed by atoms with Crippen LogP contribution in [-0.2, 0) is 11.2 Å². The van der Waals surface area contributed by atoms with Crippen LogP contribution >= 0.6 is 36.2 Å². The number of hydrogen-bond donors (Lipinski definition) is 2. The Morgan fingerprint density at radius 1 is 1.53 bits per heavy atom. The lowest BCUT2D eigenvalue weighted by atomic mass is 10.2. The summed E-state index contributed by atoms with van der Waals surface area (Å²) in [5, 5.41) is 5.91. The molecule has 0 aliphatic rings. The molecule has 0 spiro atoms. The number of nitrogens with zero attached hydrogens (tertiary/aromatic N) is 1. The fourth-order valence-corrected chi connectivity index (χ4v) is 1.97. The van der Waals surface area contributed by atoms with E-state index in [1.807, 2.05) is 5.38 Å². The van der Waals surface area contributed by atoms with Crippen LogP contribution in [0.4, 0.5) is 0 Å². The third-order valence-corrected chi connectivity index (χ3v) is 3.15. The van der Waals surface area contributed by atoms with Gasteiger partial charge in [0, 0.05) is 24.3 Å². The molecule has 0 aliphatic carbocycles. The van der Waals surface area contributed by atoms with Gasteiger partial charge in [-0.1, -0.05) is 13.8 Å². The molecule has 0 fully saturated rings. The Balaban J connectivity index is 0. The molecule has 0 radical (unpaired) electrons. The highest BCUT2D eigenvalue weighted by Crippen LogP contribution is 2.19. The van der Waals surface area contributed by atoms with E-state index in [-0.39, 0.29) is 37.3 Å². The minimum Gasteiger partial charge on any atom is -0.355 e. The van der Waals surface area contributed by atoms with Gasteiger partial charge < -0.3 is 11.1 Å². The van der Waals surface area contributed by atoms with Crippen LogP contribution in [0.25, 0.3) is 0 Å². The average molecular weight is 300 g/mol. The number of thiazole rings is 1. The van der Waals surface area contributed by atoms with Crippen molar-refractivity contribution in [1.29, 1.82) is 0 Å². The Morgan fingerprint density at radius 3 is 2.65 bits per heavy atom. The van der Waals surface area contributed by atoms with Crippen molar-refractivity contribution in [2.75, 3.05) is 13.1 Å². The van der Waals surface area contributed by atoms with Crippen molar-refractivity contribution in [3.63, 3.8) is 0 Å². The first-order valence-corrected chi connectivity index (χ1v) is 5.92. The summed E-state index contributed by atoms with van der Waals surface area (Å²) in [5.41, 5.74) is 6.21. The number of carbonyl (C=O) groups is 1. The second-order valence-electron chi connectivity index (χ2n) is 3.64. The molecule has 100 valence electrons. The molecule has 1 rings (SSSR count). The van der Waals surface area contributed by atoms with Crippen LogP contribution in [0.5, 0.6) is 0 Å². The molecule has 4 nitrogen and oxygen atoms in total. The Bertz CT molecular complexity index is 331. The van der Waals surface area contributed by atoms with Gasteiger partial charge in [-0.3, -0.25) is 4.79 Å². The van der Waals surface area contributed by atoms with Crippen molar-refractivity contribution >= 4 is 42.1 Å². The van der Waals surface area contributed by atoms with E-state index < -0.39 is 0 Å². The molecular weight excluding hydrogens is 281 g/mol. The van der Waals surface area contributed by atoms with Gasteiger partial charge in [-0.2, -0.15) is 0 Å². The zero-order valence-electron chi connectivity index (χ0n) is 9.93. The molecule has 0 saturated heterocycles. The highest BCUT2D eigenvalue weighted by molar-refractivity contribution is 7.09. The average Bonchev–Trinajstić information content (AvgIpc) is 2.66. The summed E-state index contributed by atoms with van der Waals surface area (Å²) in [5.74, 6) is 0.358. The SMILES string of the molecule is CC(C)c1nc(CCNC(=O)CN)cs1.Cl.Cl. The van der Waals surface area contributed by atoms with Crippen LogP contribution in [0.3, 0.4) is 0 Å². The number of aromatic nitrogens is 1. The number of amides is 1. The maximum atomic E-state index is 10.9. The molecule has 0 aliphatic heterocycles. The number of nitrogens with one attached hydrogen (secondary N) is 1. The van der Waals surface area contributed by atoms with Gasteiger partial charge in [0.1, 0.15) is 0 Å². The molecule has 1 amide bonds. The van der Waals surface area contributed by atoms with Gasteiger partial charge in [0.2, 0.25) is 5.91 Å². The first-order chi connectivity index (χ1) is 7.13. The molecule has 3 N–H and O–H groups in total. The highest BCUT2D eigenvalue weighted by Gasteiger charge is 2.05.